The Hall–Kier alpha value is -3.41. The van der Waals surface area contributed by atoms with Gasteiger partial charge in [0, 0.05) is 36.1 Å². The number of fused-ring (bicyclic) bond motifs is 3. The zero-order chi connectivity index (χ0) is 27.8. The third-order valence-electron chi connectivity index (χ3n) is 8.31. The number of likely N-dealkylation sites (N-methyl/N-ethyl adjacent to an activating group) is 1. The highest BCUT2D eigenvalue weighted by atomic mass is 32.1. The van der Waals surface area contributed by atoms with Gasteiger partial charge in [-0.05, 0) is 55.9 Å². The van der Waals surface area contributed by atoms with Gasteiger partial charge in [0.2, 0.25) is 5.91 Å². The summed E-state index contributed by atoms with van der Waals surface area (Å²) in [6.45, 7) is 0. The maximum Gasteiger partial charge on any atom is 0.235 e. The number of phenols is 1. The van der Waals surface area contributed by atoms with E-state index in [0.29, 0.717) is 16.8 Å². The summed E-state index contributed by atoms with van der Waals surface area (Å²) in [7, 11) is 6.75. The lowest BCUT2D eigenvalue weighted by molar-refractivity contribution is -0.181. The predicted molar refractivity (Wildman–Crippen MR) is 139 cm³/mol. The van der Waals surface area contributed by atoms with Crippen LogP contribution in [0.4, 0.5) is 5.69 Å². The summed E-state index contributed by atoms with van der Waals surface area (Å²) >= 11 is 1.38. The molecule has 1 heterocycles. The number of ketones is 4. The molecule has 3 aliphatic rings. The van der Waals surface area contributed by atoms with Crippen LogP contribution in [0.5, 0.6) is 5.75 Å². The number of primary amides is 1. The fraction of sp³-hybridized carbons (Fsp3) is 0.444. The number of Topliss-reactive ketones (excluding diaryl/α,β-unsaturated/α-hetero) is 4. The highest BCUT2D eigenvalue weighted by Crippen LogP contribution is 2.53. The molecule has 1 aromatic heterocycles. The first-order valence-electron chi connectivity index (χ1n) is 12.3. The molecule has 0 spiro atoms. The third kappa shape index (κ3) is 3.41. The van der Waals surface area contributed by atoms with Crippen molar-refractivity contribution in [2.24, 2.45) is 29.4 Å². The van der Waals surface area contributed by atoms with Gasteiger partial charge in [0.15, 0.2) is 34.7 Å². The number of hydrogen-bond donors (Lipinski definition) is 3. The number of anilines is 1. The van der Waals surface area contributed by atoms with Gasteiger partial charge in [-0.2, -0.15) is 0 Å². The first kappa shape index (κ1) is 26.2. The number of carbonyl (C=O) groups excluding carboxylic acids is 5. The number of hydrogen-bond acceptors (Lipinski definition) is 10. The van der Waals surface area contributed by atoms with E-state index >= 15 is 0 Å². The molecule has 6 unspecified atom stereocenters. The van der Waals surface area contributed by atoms with Crippen LogP contribution in [0.1, 0.15) is 22.3 Å². The van der Waals surface area contributed by atoms with E-state index in [-0.39, 0.29) is 24.2 Å². The molecule has 0 aliphatic heterocycles. The zero-order valence-electron chi connectivity index (χ0n) is 21.4. The molecule has 0 saturated heterocycles. The molecular weight excluding hydrogens is 510 g/mol. The summed E-state index contributed by atoms with van der Waals surface area (Å²) in [6, 6.07) is 4.31. The van der Waals surface area contributed by atoms with Gasteiger partial charge in [0.25, 0.3) is 0 Å². The summed E-state index contributed by atoms with van der Waals surface area (Å²) in [5.74, 6) is -10.5. The van der Waals surface area contributed by atoms with E-state index in [2.05, 4.69) is 0 Å². The van der Waals surface area contributed by atoms with Crippen molar-refractivity contribution >= 4 is 46.1 Å². The Bertz CT molecular complexity index is 1400. The van der Waals surface area contributed by atoms with Gasteiger partial charge in [-0.1, -0.05) is 6.07 Å². The second-order valence-corrected chi connectivity index (χ2v) is 11.8. The van der Waals surface area contributed by atoms with Gasteiger partial charge in [-0.3, -0.25) is 28.9 Å². The van der Waals surface area contributed by atoms with E-state index in [1.807, 2.05) is 42.6 Å². The van der Waals surface area contributed by atoms with Crippen molar-refractivity contribution in [2.45, 2.75) is 24.5 Å². The molecule has 2 aromatic rings. The summed E-state index contributed by atoms with van der Waals surface area (Å²) in [4.78, 5) is 70.7. The molecule has 0 bridgehead atoms. The van der Waals surface area contributed by atoms with Crippen molar-refractivity contribution in [3.05, 3.63) is 34.7 Å². The van der Waals surface area contributed by atoms with Crippen LogP contribution in [0.3, 0.4) is 0 Å². The predicted octanol–water partition coefficient (Wildman–Crippen LogP) is 0.661. The van der Waals surface area contributed by atoms with Crippen molar-refractivity contribution in [1.82, 2.24) is 4.90 Å². The Labute approximate surface area is 223 Å². The Morgan fingerprint density at radius 2 is 1.82 bits per heavy atom. The molecular formula is C27H29N3O7S. The van der Waals surface area contributed by atoms with Crippen LogP contribution in [-0.2, 0) is 25.6 Å². The van der Waals surface area contributed by atoms with E-state index in [1.54, 1.807) is 14.1 Å². The van der Waals surface area contributed by atoms with Gasteiger partial charge in [0.05, 0.1) is 17.5 Å². The maximum atomic E-state index is 14.0. The average Bonchev–Trinajstić information content (AvgIpc) is 3.35. The molecule has 10 nitrogen and oxygen atoms in total. The topological polar surface area (TPSA) is 158 Å². The number of rotatable bonds is 4. The first-order chi connectivity index (χ1) is 17.8. The van der Waals surface area contributed by atoms with Gasteiger partial charge >= 0.3 is 0 Å². The molecule has 6 atom stereocenters. The molecule has 11 heteroatoms. The van der Waals surface area contributed by atoms with E-state index < -0.39 is 64.4 Å². The minimum absolute atomic E-state index is 0.00815. The summed E-state index contributed by atoms with van der Waals surface area (Å²) in [5.41, 5.74) is 4.33. The van der Waals surface area contributed by atoms with E-state index in [1.165, 1.54) is 16.2 Å². The highest BCUT2D eigenvalue weighted by Gasteiger charge is 2.69. The molecule has 4 N–H and O–H groups in total. The zero-order valence-corrected chi connectivity index (χ0v) is 22.2. The molecule has 1 aromatic carbocycles. The molecule has 1 amide bonds. The van der Waals surface area contributed by atoms with Gasteiger partial charge < -0.3 is 20.8 Å². The van der Waals surface area contributed by atoms with Gasteiger partial charge in [-0.25, -0.2) is 0 Å². The number of aromatic hydroxyl groups is 1. The van der Waals surface area contributed by atoms with Crippen LogP contribution in [0.15, 0.2) is 23.6 Å². The minimum Gasteiger partial charge on any atom is -0.506 e. The van der Waals surface area contributed by atoms with Crippen LogP contribution in [-0.4, -0.2) is 84.0 Å². The number of aliphatic hydroxyl groups is 1. The Balaban J connectivity index is 1.69. The lowest BCUT2D eigenvalue weighted by atomic mass is 9.52. The third-order valence-corrected chi connectivity index (χ3v) is 9.21. The van der Waals surface area contributed by atoms with Crippen molar-refractivity contribution in [3.63, 3.8) is 0 Å². The van der Waals surface area contributed by atoms with Gasteiger partial charge in [-0.15, -0.1) is 11.3 Å². The largest absolute Gasteiger partial charge is 0.506 e. The van der Waals surface area contributed by atoms with E-state index in [4.69, 9.17) is 5.73 Å². The molecule has 2 fully saturated rings. The lowest BCUT2D eigenvalue weighted by Crippen LogP contribution is -2.74. The van der Waals surface area contributed by atoms with E-state index in [0.717, 1.165) is 4.88 Å². The lowest BCUT2D eigenvalue weighted by Gasteiger charge is -2.52. The summed E-state index contributed by atoms with van der Waals surface area (Å²) in [6.07, 6.45) is 0.238. The number of thiophene rings is 1. The van der Waals surface area contributed by atoms with Crippen molar-refractivity contribution < 1.29 is 34.2 Å². The average molecular weight is 540 g/mol. The van der Waals surface area contributed by atoms with E-state index in [9.17, 15) is 34.2 Å². The Morgan fingerprint density at radius 1 is 1.13 bits per heavy atom. The Kier molecular flexibility index (Phi) is 6.08. The molecule has 200 valence electrons. The monoisotopic (exact) mass is 539 g/mol. The molecule has 5 rings (SSSR count). The van der Waals surface area contributed by atoms with Crippen LogP contribution >= 0.6 is 11.3 Å². The number of benzene rings is 1. The van der Waals surface area contributed by atoms with Crippen molar-refractivity contribution in [2.75, 3.05) is 33.1 Å². The fourth-order valence-electron chi connectivity index (χ4n) is 6.67. The number of nitrogens with zero attached hydrogens (tertiary/aromatic N) is 2. The van der Waals surface area contributed by atoms with Crippen molar-refractivity contribution in [3.8, 4) is 16.2 Å². The molecule has 0 radical (unpaired) electrons. The first-order valence-corrected chi connectivity index (χ1v) is 13.1. The SMILES string of the molecule is CN(C)c1cc(-c2cccs2)c(O)c2c1CC1CC3C(N(C)C)C(=O)C(C(N)=O)C(=O)C3(O)C(=O)C1C2=O. The number of nitrogens with two attached hydrogens (primary N) is 1. The smallest absolute Gasteiger partial charge is 0.235 e. The molecule has 3 aliphatic carbocycles. The standard InChI is InChI=1S/C27H29N3O7S/c1-29(2)15-10-13(16-6-5-7-38-16)21(31)18-12(15)8-11-9-14-20(30(3)4)23(33)19(26(28)36)25(35)27(14,37)24(34)17(11)22(18)32/h5-7,10-11,14,17,19-20,31,37H,8-9H2,1-4H3,(H2,28,36). The normalized spacial score (nSPS) is 30.6. The summed E-state index contributed by atoms with van der Waals surface area (Å²) < 4.78 is 0. The van der Waals surface area contributed by atoms with Crippen LogP contribution in [0, 0.1) is 23.7 Å². The number of phenolic OH excluding ortho intramolecular Hbond substituents is 1. The van der Waals surface area contributed by atoms with Crippen molar-refractivity contribution in [1.29, 1.82) is 0 Å². The number of amides is 1. The number of carbonyl (C=O) groups is 5. The molecule has 38 heavy (non-hydrogen) atoms. The van der Waals surface area contributed by atoms with Gasteiger partial charge in [0.1, 0.15) is 5.75 Å². The fourth-order valence-corrected chi connectivity index (χ4v) is 7.41. The minimum atomic E-state index is -2.73. The van der Waals surface area contributed by atoms with Crippen LogP contribution < -0.4 is 10.6 Å². The Morgan fingerprint density at radius 3 is 2.37 bits per heavy atom. The quantitative estimate of drug-likeness (QED) is 0.475. The van der Waals surface area contributed by atoms with Crippen LogP contribution in [0.25, 0.3) is 10.4 Å². The van der Waals surface area contributed by atoms with Crippen LogP contribution in [0.2, 0.25) is 0 Å². The summed E-state index contributed by atoms with van der Waals surface area (Å²) in [5, 5.41) is 24.8. The second kappa shape index (κ2) is 8.82. The second-order valence-electron chi connectivity index (χ2n) is 10.8. The maximum absolute atomic E-state index is 14.0. The molecule has 2 saturated carbocycles. The highest BCUT2D eigenvalue weighted by molar-refractivity contribution is 7.13.